The van der Waals surface area contributed by atoms with Crippen LogP contribution in [0.3, 0.4) is 0 Å². The van der Waals surface area contributed by atoms with Crippen LogP contribution < -0.4 is 5.32 Å². The normalized spacial score (nSPS) is 10.4. The number of carbonyl (C=O) groups excluding carboxylic acids is 1. The van der Waals surface area contributed by atoms with E-state index in [4.69, 9.17) is 4.52 Å². The maximum Gasteiger partial charge on any atom is 0.277 e. The van der Waals surface area contributed by atoms with E-state index in [9.17, 15) is 10.1 Å². The minimum absolute atomic E-state index is 0.124. The van der Waals surface area contributed by atoms with Gasteiger partial charge in [-0.15, -0.1) is 0 Å². The Morgan fingerprint density at radius 3 is 2.54 bits per heavy atom. The second kappa shape index (κ2) is 7.60. The van der Waals surface area contributed by atoms with Crippen molar-refractivity contribution in [3.63, 3.8) is 0 Å². The number of amides is 1. The molecule has 1 N–H and O–H groups in total. The fourth-order valence-corrected chi connectivity index (χ4v) is 2.75. The summed E-state index contributed by atoms with van der Waals surface area (Å²) in [5.41, 5.74) is 2.45. The summed E-state index contributed by atoms with van der Waals surface area (Å²) in [6.07, 6.45) is 1.63. The molecule has 0 aliphatic rings. The van der Waals surface area contributed by atoms with Gasteiger partial charge in [0.25, 0.3) is 5.91 Å². The van der Waals surface area contributed by atoms with E-state index < -0.39 is 5.91 Å². The zero-order chi connectivity index (χ0) is 19.3. The van der Waals surface area contributed by atoms with Gasteiger partial charge in [0, 0.05) is 11.6 Å². The maximum absolute atomic E-state index is 12.5. The first-order valence-electron chi connectivity index (χ1n) is 8.58. The SMILES string of the molecule is N#Cc1nn(Cc2ccccc2)cc1NC(=O)c1cc(-c2ccccc2)on1. The van der Waals surface area contributed by atoms with Crippen molar-refractivity contribution in [2.75, 3.05) is 5.32 Å². The Morgan fingerprint density at radius 1 is 1.11 bits per heavy atom. The van der Waals surface area contributed by atoms with Crippen molar-refractivity contribution in [2.45, 2.75) is 6.54 Å². The summed E-state index contributed by atoms with van der Waals surface area (Å²) in [7, 11) is 0. The van der Waals surface area contributed by atoms with E-state index in [0.717, 1.165) is 11.1 Å². The highest BCUT2D eigenvalue weighted by Gasteiger charge is 2.17. The largest absolute Gasteiger partial charge is 0.355 e. The van der Waals surface area contributed by atoms with Gasteiger partial charge in [-0.2, -0.15) is 10.4 Å². The van der Waals surface area contributed by atoms with Gasteiger partial charge in [0.05, 0.1) is 18.4 Å². The number of anilines is 1. The second-order valence-electron chi connectivity index (χ2n) is 6.08. The Hall–Kier alpha value is -4.18. The van der Waals surface area contributed by atoms with Gasteiger partial charge in [0.2, 0.25) is 0 Å². The summed E-state index contributed by atoms with van der Waals surface area (Å²) in [6, 6.07) is 22.7. The van der Waals surface area contributed by atoms with Gasteiger partial charge in [-0.1, -0.05) is 65.8 Å². The summed E-state index contributed by atoms with van der Waals surface area (Å²) in [5, 5.41) is 20.0. The highest BCUT2D eigenvalue weighted by molar-refractivity contribution is 6.03. The fraction of sp³-hybridized carbons (Fsp3) is 0.0476. The van der Waals surface area contributed by atoms with Crippen molar-refractivity contribution in [2.24, 2.45) is 0 Å². The Labute approximate surface area is 160 Å². The van der Waals surface area contributed by atoms with Gasteiger partial charge in [-0.05, 0) is 5.56 Å². The van der Waals surface area contributed by atoms with Crippen LogP contribution in [0.2, 0.25) is 0 Å². The van der Waals surface area contributed by atoms with Crippen LogP contribution >= 0.6 is 0 Å². The molecule has 0 aliphatic heterocycles. The van der Waals surface area contributed by atoms with E-state index >= 15 is 0 Å². The van der Waals surface area contributed by atoms with Gasteiger partial charge in [0.1, 0.15) is 6.07 Å². The summed E-state index contributed by atoms with van der Waals surface area (Å²) < 4.78 is 6.87. The molecule has 2 aromatic heterocycles. The number of hydrogen-bond donors (Lipinski definition) is 1. The van der Waals surface area contributed by atoms with Crippen molar-refractivity contribution in [3.05, 3.63) is 89.9 Å². The molecule has 0 fully saturated rings. The minimum Gasteiger partial charge on any atom is -0.355 e. The molecule has 0 saturated carbocycles. The average Bonchev–Trinajstić information content (AvgIpc) is 3.37. The maximum atomic E-state index is 12.5. The van der Waals surface area contributed by atoms with Crippen molar-refractivity contribution >= 4 is 11.6 Å². The molecule has 2 heterocycles. The van der Waals surface area contributed by atoms with Crippen LogP contribution in [0.1, 0.15) is 21.7 Å². The summed E-state index contributed by atoms with van der Waals surface area (Å²) in [4.78, 5) is 12.5. The molecule has 7 nitrogen and oxygen atoms in total. The number of hydrogen-bond acceptors (Lipinski definition) is 5. The van der Waals surface area contributed by atoms with Crippen LogP contribution in [-0.4, -0.2) is 20.8 Å². The van der Waals surface area contributed by atoms with Crippen LogP contribution in [0.5, 0.6) is 0 Å². The first-order valence-corrected chi connectivity index (χ1v) is 8.58. The molecule has 7 heteroatoms. The van der Waals surface area contributed by atoms with Crippen LogP contribution in [0.25, 0.3) is 11.3 Å². The van der Waals surface area contributed by atoms with Crippen LogP contribution in [0.15, 0.2) is 77.4 Å². The molecule has 1 amide bonds. The van der Waals surface area contributed by atoms with E-state index in [2.05, 4.69) is 15.6 Å². The Bertz CT molecular complexity index is 1140. The van der Waals surface area contributed by atoms with Crippen molar-refractivity contribution in [1.29, 1.82) is 5.26 Å². The van der Waals surface area contributed by atoms with E-state index in [0.29, 0.717) is 18.0 Å². The van der Waals surface area contributed by atoms with Crippen LogP contribution in [-0.2, 0) is 6.54 Å². The fourth-order valence-electron chi connectivity index (χ4n) is 2.75. The smallest absolute Gasteiger partial charge is 0.277 e. The van der Waals surface area contributed by atoms with Gasteiger partial charge in [-0.3, -0.25) is 9.48 Å². The highest BCUT2D eigenvalue weighted by atomic mass is 16.5. The van der Waals surface area contributed by atoms with Gasteiger partial charge < -0.3 is 9.84 Å². The number of rotatable bonds is 5. The van der Waals surface area contributed by atoms with Gasteiger partial charge in [-0.25, -0.2) is 0 Å². The quantitative estimate of drug-likeness (QED) is 0.578. The van der Waals surface area contributed by atoms with Gasteiger partial charge >= 0.3 is 0 Å². The molecular weight excluding hydrogens is 354 g/mol. The number of benzene rings is 2. The first kappa shape index (κ1) is 17.2. The number of nitrogens with zero attached hydrogens (tertiary/aromatic N) is 4. The zero-order valence-corrected chi connectivity index (χ0v) is 14.7. The lowest BCUT2D eigenvalue weighted by molar-refractivity contribution is 0.101. The predicted octanol–water partition coefficient (Wildman–Crippen LogP) is 3.71. The Morgan fingerprint density at radius 2 is 1.82 bits per heavy atom. The van der Waals surface area contributed by atoms with E-state index in [1.807, 2.05) is 66.7 Å². The molecule has 0 unspecified atom stereocenters. The Balaban J connectivity index is 1.52. The molecule has 4 aromatic rings. The van der Waals surface area contributed by atoms with Crippen molar-refractivity contribution in [1.82, 2.24) is 14.9 Å². The van der Waals surface area contributed by atoms with Crippen molar-refractivity contribution in [3.8, 4) is 17.4 Å². The third kappa shape index (κ3) is 3.66. The number of nitrogens with one attached hydrogen (secondary N) is 1. The Kier molecular flexibility index (Phi) is 4.68. The summed E-state index contributed by atoms with van der Waals surface area (Å²) in [6.45, 7) is 0.494. The zero-order valence-electron chi connectivity index (χ0n) is 14.7. The molecular formula is C21H15N5O2. The van der Waals surface area contributed by atoms with E-state index in [-0.39, 0.29) is 11.4 Å². The number of aromatic nitrogens is 3. The average molecular weight is 369 g/mol. The van der Waals surface area contributed by atoms with Crippen LogP contribution in [0.4, 0.5) is 5.69 Å². The molecule has 0 spiro atoms. The summed E-state index contributed by atoms with van der Waals surface area (Å²) in [5.74, 6) is 0.0210. The first-order chi connectivity index (χ1) is 13.7. The molecule has 0 radical (unpaired) electrons. The number of carbonyl (C=O) groups is 1. The monoisotopic (exact) mass is 369 g/mol. The third-order valence-corrected chi connectivity index (χ3v) is 4.10. The molecule has 136 valence electrons. The van der Waals surface area contributed by atoms with Crippen LogP contribution in [0, 0.1) is 11.3 Å². The topological polar surface area (TPSA) is 96.7 Å². The lowest BCUT2D eigenvalue weighted by atomic mass is 10.1. The molecule has 2 aromatic carbocycles. The number of nitriles is 1. The van der Waals surface area contributed by atoms with E-state index in [1.165, 1.54) is 0 Å². The molecule has 4 rings (SSSR count). The third-order valence-electron chi connectivity index (χ3n) is 4.10. The standard InChI is InChI=1S/C21H15N5O2/c22-12-18-19(14-26(24-18)13-15-7-3-1-4-8-15)23-21(27)17-11-20(28-25-17)16-9-5-2-6-10-16/h1-11,14H,13H2,(H,23,27). The molecule has 0 bridgehead atoms. The predicted molar refractivity (Wildman–Crippen MR) is 102 cm³/mol. The lowest BCUT2D eigenvalue weighted by Crippen LogP contribution is -2.12. The highest BCUT2D eigenvalue weighted by Crippen LogP contribution is 2.21. The molecule has 0 saturated heterocycles. The lowest BCUT2D eigenvalue weighted by Gasteiger charge is -2.01. The van der Waals surface area contributed by atoms with Gasteiger partial charge in [0.15, 0.2) is 17.1 Å². The molecule has 0 aliphatic carbocycles. The molecule has 0 atom stereocenters. The van der Waals surface area contributed by atoms with E-state index in [1.54, 1.807) is 16.9 Å². The minimum atomic E-state index is -0.471. The second-order valence-corrected chi connectivity index (χ2v) is 6.08. The summed E-state index contributed by atoms with van der Waals surface area (Å²) >= 11 is 0. The van der Waals surface area contributed by atoms with Crippen molar-refractivity contribution < 1.29 is 9.32 Å². The molecule has 28 heavy (non-hydrogen) atoms.